The molecule has 1 saturated heterocycles. The summed E-state index contributed by atoms with van der Waals surface area (Å²) in [7, 11) is 0. The topological polar surface area (TPSA) is 45.2 Å². The van der Waals surface area contributed by atoms with Crippen LogP contribution in [0.2, 0.25) is 0 Å². The first-order valence-electron chi connectivity index (χ1n) is 8.15. The molecule has 2 heterocycles. The monoisotopic (exact) mass is 309 g/mol. The molecule has 1 aliphatic rings. The fraction of sp³-hybridized carbons (Fsp3) is 0.368. The van der Waals surface area contributed by atoms with Crippen molar-refractivity contribution >= 4 is 17.4 Å². The zero-order valence-corrected chi connectivity index (χ0v) is 13.7. The van der Waals surface area contributed by atoms with Gasteiger partial charge in [0, 0.05) is 13.1 Å². The molecule has 4 nitrogen and oxygen atoms in total. The van der Waals surface area contributed by atoms with Crippen molar-refractivity contribution in [2.45, 2.75) is 32.1 Å². The van der Waals surface area contributed by atoms with Gasteiger partial charge >= 0.3 is 0 Å². The minimum atomic E-state index is -0.588. The highest BCUT2D eigenvalue weighted by Crippen LogP contribution is 2.25. The molecule has 0 atom stereocenters. The number of aromatic nitrogens is 1. The number of anilines is 2. The Labute approximate surface area is 137 Å². The molecule has 1 fully saturated rings. The predicted molar refractivity (Wildman–Crippen MR) is 93.8 cm³/mol. The Hall–Kier alpha value is -2.36. The maximum absolute atomic E-state index is 12.6. The van der Waals surface area contributed by atoms with E-state index in [4.69, 9.17) is 0 Å². The van der Waals surface area contributed by atoms with Crippen molar-refractivity contribution in [1.82, 2.24) is 4.98 Å². The van der Waals surface area contributed by atoms with Crippen LogP contribution in [0.5, 0.6) is 0 Å². The van der Waals surface area contributed by atoms with Gasteiger partial charge in [-0.25, -0.2) is 4.98 Å². The molecule has 0 spiro atoms. The SMILES string of the molecule is CC(C)(C(=O)Nc1ccc(N2CCCC2)nc1)c1ccccc1. The summed E-state index contributed by atoms with van der Waals surface area (Å²) in [6.45, 7) is 6.01. The number of hydrogen-bond donors (Lipinski definition) is 1. The van der Waals surface area contributed by atoms with Gasteiger partial charge in [0.1, 0.15) is 5.82 Å². The molecule has 0 unspecified atom stereocenters. The van der Waals surface area contributed by atoms with E-state index < -0.39 is 5.41 Å². The summed E-state index contributed by atoms with van der Waals surface area (Å²) in [5.74, 6) is 0.960. The number of carbonyl (C=O) groups excluding carboxylic acids is 1. The molecule has 0 saturated carbocycles. The third kappa shape index (κ3) is 3.36. The van der Waals surface area contributed by atoms with E-state index in [0.717, 1.165) is 30.2 Å². The van der Waals surface area contributed by atoms with E-state index >= 15 is 0 Å². The van der Waals surface area contributed by atoms with Crippen molar-refractivity contribution in [2.75, 3.05) is 23.3 Å². The summed E-state index contributed by atoms with van der Waals surface area (Å²) in [5, 5.41) is 2.98. The Morgan fingerprint density at radius 3 is 2.39 bits per heavy atom. The smallest absolute Gasteiger partial charge is 0.234 e. The molecule has 1 N–H and O–H groups in total. The number of hydrogen-bond acceptors (Lipinski definition) is 3. The first-order valence-corrected chi connectivity index (χ1v) is 8.15. The number of pyridine rings is 1. The van der Waals surface area contributed by atoms with Gasteiger partial charge in [-0.1, -0.05) is 30.3 Å². The van der Waals surface area contributed by atoms with E-state index in [-0.39, 0.29) is 5.91 Å². The van der Waals surface area contributed by atoms with Crippen LogP contribution in [0.25, 0.3) is 0 Å². The van der Waals surface area contributed by atoms with E-state index in [9.17, 15) is 4.79 Å². The number of nitrogens with one attached hydrogen (secondary N) is 1. The molecule has 2 aromatic rings. The van der Waals surface area contributed by atoms with E-state index in [1.54, 1.807) is 6.20 Å². The first-order chi connectivity index (χ1) is 11.1. The van der Waals surface area contributed by atoms with Gasteiger partial charge in [0.25, 0.3) is 0 Å². The zero-order valence-electron chi connectivity index (χ0n) is 13.7. The van der Waals surface area contributed by atoms with E-state index in [2.05, 4.69) is 15.2 Å². The van der Waals surface area contributed by atoms with Gasteiger partial charge < -0.3 is 10.2 Å². The van der Waals surface area contributed by atoms with Crippen LogP contribution in [0.1, 0.15) is 32.3 Å². The Kier molecular flexibility index (Phi) is 4.33. The Morgan fingerprint density at radius 1 is 1.09 bits per heavy atom. The number of nitrogens with zero attached hydrogens (tertiary/aromatic N) is 2. The highest BCUT2D eigenvalue weighted by atomic mass is 16.2. The van der Waals surface area contributed by atoms with Crippen molar-refractivity contribution in [1.29, 1.82) is 0 Å². The average Bonchev–Trinajstić information content (AvgIpc) is 3.11. The van der Waals surface area contributed by atoms with Crippen molar-refractivity contribution in [3.63, 3.8) is 0 Å². The molecule has 1 aromatic carbocycles. The number of benzene rings is 1. The lowest BCUT2D eigenvalue weighted by Crippen LogP contribution is -2.34. The minimum absolute atomic E-state index is 0.0283. The summed E-state index contributed by atoms with van der Waals surface area (Å²) in [6.07, 6.45) is 4.20. The quantitative estimate of drug-likeness (QED) is 0.938. The molecule has 0 radical (unpaired) electrons. The molecular formula is C19H23N3O. The molecule has 1 aliphatic heterocycles. The van der Waals surface area contributed by atoms with Gasteiger partial charge in [-0.05, 0) is 44.4 Å². The second kappa shape index (κ2) is 6.41. The zero-order chi connectivity index (χ0) is 16.3. The van der Waals surface area contributed by atoms with Gasteiger partial charge in [0.2, 0.25) is 5.91 Å². The van der Waals surface area contributed by atoms with Gasteiger partial charge in [-0.15, -0.1) is 0 Å². The Balaban J connectivity index is 1.70. The van der Waals surface area contributed by atoms with Crippen LogP contribution < -0.4 is 10.2 Å². The van der Waals surface area contributed by atoms with Crippen LogP contribution in [0, 0.1) is 0 Å². The van der Waals surface area contributed by atoms with Gasteiger partial charge in [-0.2, -0.15) is 0 Å². The summed E-state index contributed by atoms with van der Waals surface area (Å²) in [4.78, 5) is 19.4. The summed E-state index contributed by atoms with van der Waals surface area (Å²) < 4.78 is 0. The largest absolute Gasteiger partial charge is 0.357 e. The second-order valence-corrected chi connectivity index (χ2v) is 6.54. The molecule has 0 bridgehead atoms. The summed E-state index contributed by atoms with van der Waals surface area (Å²) in [5.41, 5.74) is 1.15. The van der Waals surface area contributed by atoms with Crippen LogP contribution in [0.4, 0.5) is 11.5 Å². The summed E-state index contributed by atoms with van der Waals surface area (Å²) >= 11 is 0. The van der Waals surface area contributed by atoms with Crippen LogP contribution in [0.15, 0.2) is 48.7 Å². The first kappa shape index (κ1) is 15.5. The van der Waals surface area contributed by atoms with Gasteiger partial charge in [-0.3, -0.25) is 4.79 Å². The molecular weight excluding hydrogens is 286 g/mol. The third-order valence-electron chi connectivity index (χ3n) is 4.50. The van der Waals surface area contributed by atoms with Crippen LogP contribution >= 0.6 is 0 Å². The van der Waals surface area contributed by atoms with Gasteiger partial charge in [0.15, 0.2) is 0 Å². The molecule has 120 valence electrons. The van der Waals surface area contributed by atoms with Crippen molar-refractivity contribution < 1.29 is 4.79 Å². The van der Waals surface area contributed by atoms with Gasteiger partial charge in [0.05, 0.1) is 17.3 Å². The fourth-order valence-corrected chi connectivity index (χ4v) is 2.87. The standard InChI is InChI=1S/C19H23N3O/c1-19(2,15-8-4-3-5-9-15)18(23)21-16-10-11-17(20-14-16)22-12-6-7-13-22/h3-5,8-11,14H,6-7,12-13H2,1-2H3,(H,21,23). The average molecular weight is 309 g/mol. The van der Waals surface area contributed by atoms with E-state index in [1.807, 2.05) is 56.3 Å². The van der Waals surface area contributed by atoms with E-state index in [1.165, 1.54) is 12.8 Å². The minimum Gasteiger partial charge on any atom is -0.357 e. The lowest BCUT2D eigenvalue weighted by atomic mass is 9.84. The molecule has 4 heteroatoms. The van der Waals surface area contributed by atoms with Crippen LogP contribution in [0.3, 0.4) is 0 Å². The number of carbonyl (C=O) groups is 1. The Bertz CT molecular complexity index is 659. The summed E-state index contributed by atoms with van der Waals surface area (Å²) in [6, 6.07) is 13.7. The lowest BCUT2D eigenvalue weighted by Gasteiger charge is -2.24. The Morgan fingerprint density at radius 2 is 1.78 bits per heavy atom. The number of amides is 1. The lowest BCUT2D eigenvalue weighted by molar-refractivity contribution is -0.120. The molecule has 1 aromatic heterocycles. The van der Waals surface area contributed by atoms with Crippen molar-refractivity contribution in [3.8, 4) is 0 Å². The van der Waals surface area contributed by atoms with Crippen LogP contribution in [-0.4, -0.2) is 24.0 Å². The third-order valence-corrected chi connectivity index (χ3v) is 4.50. The maximum atomic E-state index is 12.6. The second-order valence-electron chi connectivity index (χ2n) is 6.54. The normalized spacial score (nSPS) is 14.8. The molecule has 23 heavy (non-hydrogen) atoms. The molecule has 0 aliphatic carbocycles. The van der Waals surface area contributed by atoms with E-state index in [0.29, 0.717) is 0 Å². The molecule has 3 rings (SSSR count). The highest BCUT2D eigenvalue weighted by Gasteiger charge is 2.29. The predicted octanol–water partition coefficient (Wildman–Crippen LogP) is 3.60. The molecule has 1 amide bonds. The van der Waals surface area contributed by atoms with Crippen molar-refractivity contribution in [2.24, 2.45) is 0 Å². The highest BCUT2D eigenvalue weighted by molar-refractivity contribution is 5.98. The van der Waals surface area contributed by atoms with Crippen LogP contribution in [-0.2, 0) is 10.2 Å². The number of rotatable bonds is 4. The fourth-order valence-electron chi connectivity index (χ4n) is 2.87. The maximum Gasteiger partial charge on any atom is 0.234 e. The van der Waals surface area contributed by atoms with Crippen molar-refractivity contribution in [3.05, 3.63) is 54.2 Å².